The van der Waals surface area contributed by atoms with E-state index in [1.54, 1.807) is 0 Å². The monoisotopic (exact) mass is 340 g/mol. The SMILES string of the molecule is CCN(CC)c1ccc(C=C(C#N)c2ccc3ccccc3c2)c(C)c1. The molecule has 0 aliphatic carbocycles. The van der Waals surface area contributed by atoms with Crippen LogP contribution in [-0.2, 0) is 0 Å². The zero-order valence-electron chi connectivity index (χ0n) is 15.7. The summed E-state index contributed by atoms with van der Waals surface area (Å²) in [7, 11) is 0. The third kappa shape index (κ3) is 3.63. The lowest BCUT2D eigenvalue weighted by atomic mass is 9.98. The molecule has 0 saturated heterocycles. The lowest BCUT2D eigenvalue weighted by Gasteiger charge is -2.21. The van der Waals surface area contributed by atoms with Gasteiger partial charge in [-0.1, -0.05) is 42.5 Å². The van der Waals surface area contributed by atoms with Crippen LogP contribution in [-0.4, -0.2) is 13.1 Å². The molecule has 0 bridgehead atoms. The molecule has 3 rings (SSSR count). The first kappa shape index (κ1) is 17.8. The summed E-state index contributed by atoms with van der Waals surface area (Å²) in [5.41, 5.74) is 5.15. The Morgan fingerprint density at radius 2 is 1.69 bits per heavy atom. The molecule has 0 aliphatic heterocycles. The molecule has 3 aromatic carbocycles. The van der Waals surface area contributed by atoms with Crippen molar-refractivity contribution < 1.29 is 0 Å². The third-order valence-electron chi connectivity index (χ3n) is 4.86. The highest BCUT2D eigenvalue weighted by Crippen LogP contribution is 2.26. The molecule has 0 heterocycles. The molecule has 2 heteroatoms. The molecular formula is C24H24N2. The molecule has 0 radical (unpaired) electrons. The number of rotatable bonds is 5. The molecule has 0 amide bonds. The maximum atomic E-state index is 9.70. The van der Waals surface area contributed by atoms with Crippen LogP contribution in [0, 0.1) is 18.3 Å². The first-order valence-electron chi connectivity index (χ1n) is 9.12. The van der Waals surface area contributed by atoms with Gasteiger partial charge < -0.3 is 4.90 Å². The van der Waals surface area contributed by atoms with Gasteiger partial charge in [-0.25, -0.2) is 0 Å². The quantitative estimate of drug-likeness (QED) is 0.417. The summed E-state index contributed by atoms with van der Waals surface area (Å²) < 4.78 is 0. The molecule has 0 aromatic heterocycles. The summed E-state index contributed by atoms with van der Waals surface area (Å²) in [6, 6.07) is 23.2. The van der Waals surface area contributed by atoms with Gasteiger partial charge in [-0.05, 0) is 72.5 Å². The highest BCUT2D eigenvalue weighted by Gasteiger charge is 2.07. The second-order valence-corrected chi connectivity index (χ2v) is 6.44. The predicted molar refractivity (Wildman–Crippen MR) is 112 cm³/mol. The maximum Gasteiger partial charge on any atom is 0.0998 e. The minimum atomic E-state index is 0.689. The Kier molecular flexibility index (Phi) is 5.39. The molecule has 0 atom stereocenters. The van der Waals surface area contributed by atoms with Crippen LogP contribution in [0.3, 0.4) is 0 Å². The number of allylic oxidation sites excluding steroid dienone is 1. The largest absolute Gasteiger partial charge is 0.372 e. The number of nitriles is 1. The summed E-state index contributed by atoms with van der Waals surface area (Å²) in [6.07, 6.45) is 1.99. The number of hydrogen-bond acceptors (Lipinski definition) is 2. The number of fused-ring (bicyclic) bond motifs is 1. The number of hydrogen-bond donors (Lipinski definition) is 0. The van der Waals surface area contributed by atoms with Gasteiger partial charge in [0.1, 0.15) is 0 Å². The second-order valence-electron chi connectivity index (χ2n) is 6.44. The standard InChI is InChI=1S/C24H24N2/c1-4-26(5-2)24-13-12-20(18(3)14-24)15-23(17-25)22-11-10-19-8-6-7-9-21(19)16-22/h6-16H,4-5H2,1-3H3. The van der Waals surface area contributed by atoms with Crippen LogP contribution in [0.25, 0.3) is 22.4 Å². The van der Waals surface area contributed by atoms with Crippen molar-refractivity contribution in [3.8, 4) is 6.07 Å². The topological polar surface area (TPSA) is 27.0 Å². The molecule has 0 N–H and O–H groups in total. The molecule has 0 spiro atoms. The second kappa shape index (κ2) is 7.89. The van der Waals surface area contributed by atoms with Gasteiger partial charge in [0.15, 0.2) is 0 Å². The van der Waals surface area contributed by atoms with E-state index >= 15 is 0 Å². The third-order valence-corrected chi connectivity index (χ3v) is 4.86. The highest BCUT2D eigenvalue weighted by molar-refractivity contribution is 5.94. The average Bonchev–Trinajstić information content (AvgIpc) is 2.68. The van der Waals surface area contributed by atoms with E-state index in [0.29, 0.717) is 5.57 Å². The lowest BCUT2D eigenvalue weighted by Crippen LogP contribution is -2.21. The number of anilines is 1. The smallest absolute Gasteiger partial charge is 0.0998 e. The fourth-order valence-corrected chi connectivity index (χ4v) is 3.30. The summed E-state index contributed by atoms with van der Waals surface area (Å²) in [5, 5.41) is 12.0. The Hall–Kier alpha value is -3.05. The maximum absolute atomic E-state index is 9.70. The van der Waals surface area contributed by atoms with Crippen molar-refractivity contribution in [2.45, 2.75) is 20.8 Å². The Labute approximate surface area is 156 Å². The fraction of sp³-hybridized carbons (Fsp3) is 0.208. The highest BCUT2D eigenvalue weighted by atomic mass is 15.1. The van der Waals surface area contributed by atoms with Gasteiger partial charge >= 0.3 is 0 Å². The Balaban J connectivity index is 1.99. The first-order valence-corrected chi connectivity index (χ1v) is 9.12. The van der Waals surface area contributed by atoms with Gasteiger partial charge in [0.25, 0.3) is 0 Å². The van der Waals surface area contributed by atoms with Crippen LogP contribution in [0.15, 0.2) is 60.7 Å². The molecule has 26 heavy (non-hydrogen) atoms. The van der Waals surface area contributed by atoms with E-state index in [1.165, 1.54) is 16.6 Å². The van der Waals surface area contributed by atoms with E-state index in [4.69, 9.17) is 0 Å². The minimum Gasteiger partial charge on any atom is -0.372 e. The molecule has 0 saturated carbocycles. The van der Waals surface area contributed by atoms with Crippen LogP contribution in [0.2, 0.25) is 0 Å². The van der Waals surface area contributed by atoms with E-state index in [1.807, 2.05) is 24.3 Å². The van der Waals surface area contributed by atoms with Crippen molar-refractivity contribution >= 4 is 28.1 Å². The number of nitrogens with zero attached hydrogens (tertiary/aromatic N) is 2. The normalized spacial score (nSPS) is 11.4. The molecule has 0 unspecified atom stereocenters. The van der Waals surface area contributed by atoms with Crippen LogP contribution in [0.1, 0.15) is 30.5 Å². The zero-order valence-corrected chi connectivity index (χ0v) is 15.7. The van der Waals surface area contributed by atoms with Gasteiger partial charge in [0.2, 0.25) is 0 Å². The van der Waals surface area contributed by atoms with Crippen molar-refractivity contribution in [1.29, 1.82) is 5.26 Å². The number of aryl methyl sites for hydroxylation is 1. The van der Waals surface area contributed by atoms with E-state index in [-0.39, 0.29) is 0 Å². The Morgan fingerprint density at radius 1 is 0.962 bits per heavy atom. The Bertz CT molecular complexity index is 989. The van der Waals surface area contributed by atoms with Crippen LogP contribution < -0.4 is 4.90 Å². The van der Waals surface area contributed by atoms with Crippen molar-refractivity contribution in [2.75, 3.05) is 18.0 Å². The van der Waals surface area contributed by atoms with Gasteiger partial charge in [-0.15, -0.1) is 0 Å². The molecular weight excluding hydrogens is 316 g/mol. The van der Waals surface area contributed by atoms with Crippen LogP contribution in [0.5, 0.6) is 0 Å². The molecule has 2 nitrogen and oxygen atoms in total. The summed E-state index contributed by atoms with van der Waals surface area (Å²) in [6.45, 7) is 8.42. The Morgan fingerprint density at radius 3 is 2.35 bits per heavy atom. The van der Waals surface area contributed by atoms with E-state index in [2.05, 4.69) is 74.2 Å². The summed E-state index contributed by atoms with van der Waals surface area (Å²) in [4.78, 5) is 2.33. The van der Waals surface area contributed by atoms with Crippen molar-refractivity contribution in [3.05, 3.63) is 77.4 Å². The van der Waals surface area contributed by atoms with Gasteiger partial charge in [-0.2, -0.15) is 5.26 Å². The fourth-order valence-electron chi connectivity index (χ4n) is 3.30. The van der Waals surface area contributed by atoms with E-state index in [0.717, 1.165) is 29.6 Å². The van der Waals surface area contributed by atoms with Crippen molar-refractivity contribution in [3.63, 3.8) is 0 Å². The zero-order chi connectivity index (χ0) is 18.5. The first-order chi connectivity index (χ1) is 12.7. The summed E-state index contributed by atoms with van der Waals surface area (Å²) in [5.74, 6) is 0. The lowest BCUT2D eigenvalue weighted by molar-refractivity contribution is 0.865. The molecule has 0 aliphatic rings. The minimum absolute atomic E-state index is 0.689. The van der Waals surface area contributed by atoms with Crippen LogP contribution in [0.4, 0.5) is 5.69 Å². The predicted octanol–water partition coefficient (Wildman–Crippen LogP) is 6.06. The van der Waals surface area contributed by atoms with Gasteiger partial charge in [0.05, 0.1) is 11.6 Å². The van der Waals surface area contributed by atoms with Gasteiger partial charge in [0, 0.05) is 18.8 Å². The van der Waals surface area contributed by atoms with Crippen LogP contribution >= 0.6 is 0 Å². The van der Waals surface area contributed by atoms with Crippen molar-refractivity contribution in [2.24, 2.45) is 0 Å². The van der Waals surface area contributed by atoms with E-state index < -0.39 is 0 Å². The van der Waals surface area contributed by atoms with Crippen molar-refractivity contribution in [1.82, 2.24) is 0 Å². The molecule has 3 aromatic rings. The molecule has 0 fully saturated rings. The molecule has 130 valence electrons. The average molecular weight is 340 g/mol. The van der Waals surface area contributed by atoms with Gasteiger partial charge in [-0.3, -0.25) is 0 Å². The summed E-state index contributed by atoms with van der Waals surface area (Å²) >= 11 is 0. The van der Waals surface area contributed by atoms with E-state index in [9.17, 15) is 5.26 Å². The number of benzene rings is 3.